The molecule has 118 valence electrons. The van der Waals surface area contributed by atoms with Gasteiger partial charge in [0.25, 0.3) is 0 Å². The van der Waals surface area contributed by atoms with Crippen LogP contribution < -0.4 is 0 Å². The molecule has 0 heterocycles. The Morgan fingerprint density at radius 3 is 1.25 bits per heavy atom. The fourth-order valence-electron chi connectivity index (χ4n) is 4.15. The Morgan fingerprint density at radius 2 is 1.00 bits per heavy atom. The molecule has 2 N–H and O–H groups in total. The Morgan fingerprint density at radius 1 is 0.700 bits per heavy atom. The molecule has 2 saturated carbocycles. The average molecular weight is 294 g/mol. The lowest BCUT2D eigenvalue weighted by Gasteiger charge is -2.48. The van der Waals surface area contributed by atoms with Crippen LogP contribution in [-0.2, 0) is 0 Å². The van der Waals surface area contributed by atoms with Gasteiger partial charge in [0.15, 0.2) is 0 Å². The third-order valence-electron chi connectivity index (χ3n) is 5.70. The lowest BCUT2D eigenvalue weighted by atomic mass is 9.59. The van der Waals surface area contributed by atoms with Gasteiger partial charge in [-0.15, -0.1) is 0 Å². The first-order chi connectivity index (χ1) is 9.25. The smallest absolute Gasteiger partial charge is 0.393 e. The minimum atomic E-state index is -4.22. The first-order valence-corrected chi connectivity index (χ1v) is 7.68. The van der Waals surface area contributed by atoms with Crippen LogP contribution in [0.15, 0.2) is 0 Å². The zero-order valence-corrected chi connectivity index (χ0v) is 12.0. The van der Waals surface area contributed by atoms with Crippen LogP contribution in [0, 0.1) is 17.3 Å². The lowest BCUT2D eigenvalue weighted by molar-refractivity contribution is -0.265. The summed E-state index contributed by atoms with van der Waals surface area (Å²) in [7, 11) is 0. The summed E-state index contributed by atoms with van der Waals surface area (Å²) in [6, 6.07) is 0. The predicted octanol–water partition coefficient (Wildman–Crippen LogP) is 3.66. The van der Waals surface area contributed by atoms with Crippen LogP contribution in [0.25, 0.3) is 0 Å². The number of aliphatic hydroxyl groups excluding tert-OH is 2. The summed E-state index contributed by atoms with van der Waals surface area (Å²) >= 11 is 0. The highest BCUT2D eigenvalue weighted by Gasteiger charge is 2.59. The maximum Gasteiger partial charge on any atom is 0.394 e. The second kappa shape index (κ2) is 5.84. The van der Waals surface area contributed by atoms with E-state index in [0.29, 0.717) is 51.4 Å². The summed E-state index contributed by atoms with van der Waals surface area (Å²) in [5, 5.41) is 19.1. The molecule has 2 aliphatic rings. The summed E-state index contributed by atoms with van der Waals surface area (Å²) in [4.78, 5) is 0. The van der Waals surface area contributed by atoms with Crippen molar-refractivity contribution in [2.75, 3.05) is 0 Å². The van der Waals surface area contributed by atoms with Crippen LogP contribution in [0.5, 0.6) is 0 Å². The van der Waals surface area contributed by atoms with Crippen molar-refractivity contribution < 1.29 is 23.4 Å². The third-order valence-corrected chi connectivity index (χ3v) is 5.70. The Bertz CT molecular complexity index is 292. The highest BCUT2D eigenvalue weighted by Crippen LogP contribution is 2.57. The molecule has 0 aliphatic heterocycles. The van der Waals surface area contributed by atoms with E-state index in [1.54, 1.807) is 0 Å². The van der Waals surface area contributed by atoms with Crippen LogP contribution in [0.2, 0.25) is 0 Å². The zero-order chi connectivity index (χ0) is 15.0. The molecule has 20 heavy (non-hydrogen) atoms. The normalized spacial score (nSPS) is 39.3. The molecule has 2 fully saturated rings. The van der Waals surface area contributed by atoms with Crippen LogP contribution in [0.4, 0.5) is 13.2 Å². The molecule has 5 heteroatoms. The number of aliphatic hydroxyl groups is 2. The minimum absolute atomic E-state index is 0.397. The maximum absolute atomic E-state index is 13.7. The number of alkyl halides is 3. The summed E-state index contributed by atoms with van der Waals surface area (Å²) in [6.07, 6.45) is -1.35. The van der Waals surface area contributed by atoms with Crippen molar-refractivity contribution in [1.29, 1.82) is 0 Å². The topological polar surface area (TPSA) is 40.5 Å². The predicted molar refractivity (Wildman–Crippen MR) is 70.1 cm³/mol. The molecule has 0 aromatic rings. The molecule has 0 bridgehead atoms. The van der Waals surface area contributed by atoms with Crippen molar-refractivity contribution in [1.82, 2.24) is 0 Å². The van der Waals surface area contributed by atoms with Crippen molar-refractivity contribution in [2.24, 2.45) is 17.3 Å². The van der Waals surface area contributed by atoms with Crippen LogP contribution in [0.1, 0.15) is 58.3 Å². The molecular formula is C15H25F3O2. The Kier molecular flexibility index (Phi) is 4.69. The largest absolute Gasteiger partial charge is 0.394 e. The van der Waals surface area contributed by atoms with Gasteiger partial charge in [-0.3, -0.25) is 0 Å². The van der Waals surface area contributed by atoms with Crippen molar-refractivity contribution >= 4 is 0 Å². The molecule has 2 rings (SSSR count). The van der Waals surface area contributed by atoms with Gasteiger partial charge in [0.2, 0.25) is 0 Å². The van der Waals surface area contributed by atoms with E-state index >= 15 is 0 Å². The zero-order valence-electron chi connectivity index (χ0n) is 12.0. The third kappa shape index (κ3) is 2.98. The van der Waals surface area contributed by atoms with Gasteiger partial charge in [0.05, 0.1) is 17.6 Å². The first-order valence-electron chi connectivity index (χ1n) is 7.68. The Hall–Kier alpha value is -0.290. The second-order valence-corrected chi connectivity index (χ2v) is 6.79. The van der Waals surface area contributed by atoms with E-state index in [9.17, 15) is 23.4 Å². The molecule has 2 aliphatic carbocycles. The number of hydrogen-bond acceptors (Lipinski definition) is 2. The average Bonchev–Trinajstić information content (AvgIpc) is 2.38. The molecule has 0 radical (unpaired) electrons. The first kappa shape index (κ1) is 16.1. The van der Waals surface area contributed by atoms with Crippen molar-refractivity contribution in [3.8, 4) is 0 Å². The van der Waals surface area contributed by atoms with E-state index in [0.717, 1.165) is 0 Å². The lowest BCUT2D eigenvalue weighted by Crippen LogP contribution is -2.50. The van der Waals surface area contributed by atoms with Crippen molar-refractivity contribution in [3.63, 3.8) is 0 Å². The molecule has 0 saturated heterocycles. The van der Waals surface area contributed by atoms with Crippen LogP contribution in [0.3, 0.4) is 0 Å². The van der Waals surface area contributed by atoms with E-state index in [2.05, 4.69) is 0 Å². The van der Waals surface area contributed by atoms with Gasteiger partial charge in [0.1, 0.15) is 0 Å². The molecule has 0 amide bonds. The number of rotatable bonds is 2. The van der Waals surface area contributed by atoms with Gasteiger partial charge in [-0.1, -0.05) is 6.92 Å². The summed E-state index contributed by atoms with van der Waals surface area (Å²) in [5.74, 6) is -0.794. The Balaban J connectivity index is 2.17. The SMILES string of the molecule is CC(C1CCC(O)CC1)(C1CCC(O)CC1)C(F)(F)F. The molecule has 0 aromatic carbocycles. The van der Waals surface area contributed by atoms with Gasteiger partial charge in [-0.2, -0.15) is 13.2 Å². The quantitative estimate of drug-likeness (QED) is 0.816. The highest BCUT2D eigenvalue weighted by atomic mass is 19.4. The fourth-order valence-corrected chi connectivity index (χ4v) is 4.15. The maximum atomic E-state index is 13.7. The summed E-state index contributed by atoms with van der Waals surface area (Å²) in [5.41, 5.74) is -1.67. The Labute approximate surface area is 118 Å². The molecule has 0 spiro atoms. The van der Waals surface area contributed by atoms with Crippen LogP contribution in [-0.4, -0.2) is 28.6 Å². The van der Waals surface area contributed by atoms with Gasteiger partial charge in [-0.25, -0.2) is 0 Å². The second-order valence-electron chi connectivity index (χ2n) is 6.79. The fraction of sp³-hybridized carbons (Fsp3) is 1.00. The molecular weight excluding hydrogens is 269 g/mol. The van der Waals surface area contributed by atoms with Crippen LogP contribution >= 0.6 is 0 Å². The van der Waals surface area contributed by atoms with Gasteiger partial charge in [-0.05, 0) is 63.2 Å². The minimum Gasteiger partial charge on any atom is -0.393 e. The molecule has 0 atom stereocenters. The number of halogens is 3. The number of hydrogen-bond donors (Lipinski definition) is 2. The van der Waals surface area contributed by atoms with E-state index in [-0.39, 0.29) is 0 Å². The van der Waals surface area contributed by atoms with Gasteiger partial charge < -0.3 is 10.2 Å². The van der Waals surface area contributed by atoms with E-state index in [4.69, 9.17) is 0 Å². The molecule has 0 aromatic heterocycles. The van der Waals surface area contributed by atoms with Crippen molar-refractivity contribution in [2.45, 2.75) is 76.7 Å². The van der Waals surface area contributed by atoms with E-state index in [1.165, 1.54) is 6.92 Å². The van der Waals surface area contributed by atoms with Gasteiger partial charge >= 0.3 is 6.18 Å². The monoisotopic (exact) mass is 294 g/mol. The van der Waals surface area contributed by atoms with Gasteiger partial charge in [0, 0.05) is 0 Å². The highest BCUT2D eigenvalue weighted by molar-refractivity contribution is 4.97. The molecule has 2 nitrogen and oxygen atoms in total. The standard InChI is InChI=1S/C15H25F3O2/c1-14(15(16,17)18,10-2-6-12(19)7-3-10)11-4-8-13(20)9-5-11/h10-13,19-20H,2-9H2,1H3. The van der Waals surface area contributed by atoms with Crippen molar-refractivity contribution in [3.05, 3.63) is 0 Å². The van der Waals surface area contributed by atoms with E-state index in [1.807, 2.05) is 0 Å². The molecule has 0 unspecified atom stereocenters. The van der Waals surface area contributed by atoms with E-state index < -0.39 is 35.6 Å². The summed E-state index contributed by atoms with van der Waals surface area (Å²) < 4.78 is 41.2. The summed E-state index contributed by atoms with van der Waals surface area (Å²) in [6.45, 7) is 1.37.